The summed E-state index contributed by atoms with van der Waals surface area (Å²) < 4.78 is 0. The van der Waals surface area contributed by atoms with Gasteiger partial charge in [0.2, 0.25) is 5.91 Å². The van der Waals surface area contributed by atoms with Crippen molar-refractivity contribution in [1.29, 1.82) is 0 Å². The molecule has 0 atom stereocenters. The topological polar surface area (TPSA) is 64.2 Å². The summed E-state index contributed by atoms with van der Waals surface area (Å²) >= 11 is 0. The van der Waals surface area contributed by atoms with Crippen molar-refractivity contribution in [2.45, 2.75) is 18.9 Å². The largest absolute Gasteiger partial charge is 0.332 e. The third kappa shape index (κ3) is 4.07. The number of para-hydroxylation sites is 2. The molecule has 2 saturated heterocycles. The number of carbonyl (C=O) groups excluding carboxylic acids is 3. The Morgan fingerprint density at radius 1 is 0.967 bits per heavy atom. The third-order valence-electron chi connectivity index (χ3n) is 5.88. The molecule has 2 aromatic rings. The fraction of sp³-hybridized carbons (Fsp3) is 0.348. The van der Waals surface area contributed by atoms with Crippen LogP contribution in [0.3, 0.4) is 0 Å². The molecule has 156 valence electrons. The summed E-state index contributed by atoms with van der Waals surface area (Å²) in [5, 5.41) is 0. The molecule has 2 aliphatic heterocycles. The zero-order valence-electron chi connectivity index (χ0n) is 17.1. The molecule has 7 nitrogen and oxygen atoms in total. The van der Waals surface area contributed by atoms with E-state index in [1.54, 1.807) is 29.0 Å². The first-order valence-electron chi connectivity index (χ1n) is 10.3. The number of anilines is 2. The summed E-state index contributed by atoms with van der Waals surface area (Å²) in [4.78, 5) is 44.7. The van der Waals surface area contributed by atoms with Gasteiger partial charge in [-0.15, -0.1) is 0 Å². The molecule has 0 aliphatic carbocycles. The average Bonchev–Trinajstić information content (AvgIpc) is 3.08. The minimum Gasteiger partial charge on any atom is -0.314 e. The Bertz CT molecular complexity index is 911. The van der Waals surface area contributed by atoms with Crippen molar-refractivity contribution >= 4 is 29.2 Å². The minimum atomic E-state index is -0.246. The van der Waals surface area contributed by atoms with Crippen molar-refractivity contribution in [2.24, 2.45) is 0 Å². The van der Waals surface area contributed by atoms with Crippen LogP contribution in [-0.4, -0.2) is 66.9 Å². The lowest BCUT2D eigenvalue weighted by Crippen LogP contribution is -2.48. The molecule has 4 rings (SSSR count). The molecule has 2 aromatic carbocycles. The normalized spacial score (nSPS) is 18.2. The Balaban J connectivity index is 1.32. The predicted octanol–water partition coefficient (Wildman–Crippen LogP) is 2.58. The number of benzene rings is 2. The van der Waals surface area contributed by atoms with Crippen molar-refractivity contribution in [1.82, 2.24) is 9.80 Å². The molecule has 0 spiro atoms. The Morgan fingerprint density at radius 3 is 2.20 bits per heavy atom. The number of hydrogen-bond acceptors (Lipinski definition) is 4. The minimum absolute atomic E-state index is 0.0216. The van der Waals surface area contributed by atoms with Crippen LogP contribution in [-0.2, 0) is 9.59 Å². The third-order valence-corrected chi connectivity index (χ3v) is 5.88. The van der Waals surface area contributed by atoms with E-state index in [1.165, 1.54) is 4.90 Å². The fourth-order valence-corrected chi connectivity index (χ4v) is 4.12. The van der Waals surface area contributed by atoms with Gasteiger partial charge < -0.3 is 9.80 Å². The second-order valence-electron chi connectivity index (χ2n) is 7.77. The van der Waals surface area contributed by atoms with Gasteiger partial charge in [-0.3, -0.25) is 14.5 Å². The fourth-order valence-electron chi connectivity index (χ4n) is 4.12. The molecule has 0 saturated carbocycles. The highest BCUT2D eigenvalue weighted by molar-refractivity contribution is 6.19. The van der Waals surface area contributed by atoms with Crippen LogP contribution < -0.4 is 9.80 Å². The maximum atomic E-state index is 12.9. The maximum Gasteiger partial charge on any atom is 0.332 e. The van der Waals surface area contributed by atoms with Gasteiger partial charge >= 0.3 is 6.03 Å². The van der Waals surface area contributed by atoms with Crippen LogP contribution in [0, 0.1) is 0 Å². The van der Waals surface area contributed by atoms with E-state index in [1.807, 2.05) is 48.5 Å². The van der Waals surface area contributed by atoms with E-state index < -0.39 is 0 Å². The van der Waals surface area contributed by atoms with Gasteiger partial charge in [0.15, 0.2) is 0 Å². The molecular weight excluding hydrogens is 380 g/mol. The van der Waals surface area contributed by atoms with E-state index in [9.17, 15) is 14.4 Å². The zero-order valence-corrected chi connectivity index (χ0v) is 17.1. The Labute approximate surface area is 176 Å². The summed E-state index contributed by atoms with van der Waals surface area (Å²) in [7, 11) is 1.79. The number of rotatable bonds is 5. The van der Waals surface area contributed by atoms with Crippen LogP contribution in [0.25, 0.3) is 0 Å². The molecule has 2 fully saturated rings. The lowest BCUT2D eigenvalue weighted by atomic mass is 10.0. The predicted molar refractivity (Wildman–Crippen MR) is 115 cm³/mol. The van der Waals surface area contributed by atoms with Crippen LogP contribution in [0.2, 0.25) is 0 Å². The second-order valence-corrected chi connectivity index (χ2v) is 7.77. The summed E-state index contributed by atoms with van der Waals surface area (Å²) in [6, 6.07) is 18.4. The van der Waals surface area contributed by atoms with Crippen molar-refractivity contribution < 1.29 is 14.4 Å². The van der Waals surface area contributed by atoms with Crippen LogP contribution in [0.4, 0.5) is 16.2 Å². The van der Waals surface area contributed by atoms with Gasteiger partial charge in [0, 0.05) is 31.9 Å². The molecule has 0 bridgehead atoms. The maximum absolute atomic E-state index is 12.9. The van der Waals surface area contributed by atoms with Crippen LogP contribution in [0.5, 0.6) is 0 Å². The number of amides is 4. The molecule has 0 unspecified atom stereocenters. The second kappa shape index (κ2) is 8.67. The van der Waals surface area contributed by atoms with Crippen LogP contribution in [0.15, 0.2) is 60.7 Å². The zero-order chi connectivity index (χ0) is 21.1. The summed E-state index contributed by atoms with van der Waals surface area (Å²) in [6.07, 6.45) is 1.51. The Hall–Kier alpha value is -3.19. The number of nitrogens with zero attached hydrogens (tertiary/aromatic N) is 4. The SMILES string of the molecule is CN(C(=O)CN1CCC(N2CC(=O)N(c3ccccc3)C2=O)CC1)c1ccccc1. The van der Waals surface area contributed by atoms with Crippen LogP contribution >= 0.6 is 0 Å². The molecule has 0 N–H and O–H groups in total. The molecule has 0 radical (unpaired) electrons. The van der Waals surface area contributed by atoms with E-state index in [-0.39, 0.29) is 30.4 Å². The van der Waals surface area contributed by atoms with Gasteiger partial charge in [-0.05, 0) is 37.1 Å². The van der Waals surface area contributed by atoms with E-state index in [0.29, 0.717) is 12.2 Å². The first-order valence-corrected chi connectivity index (χ1v) is 10.3. The lowest BCUT2D eigenvalue weighted by molar-refractivity contribution is -0.119. The summed E-state index contributed by atoms with van der Waals surface area (Å²) in [6.45, 7) is 1.92. The van der Waals surface area contributed by atoms with E-state index in [0.717, 1.165) is 31.6 Å². The molecule has 4 amide bonds. The average molecular weight is 406 g/mol. The number of hydrogen-bond donors (Lipinski definition) is 0. The van der Waals surface area contributed by atoms with E-state index >= 15 is 0 Å². The number of piperidine rings is 1. The first kappa shape index (κ1) is 20.1. The highest BCUT2D eigenvalue weighted by Gasteiger charge is 2.41. The summed E-state index contributed by atoms with van der Waals surface area (Å²) in [5.74, 6) is -0.143. The van der Waals surface area contributed by atoms with Gasteiger partial charge in [0.05, 0.1) is 12.2 Å². The highest BCUT2D eigenvalue weighted by Crippen LogP contribution is 2.26. The Morgan fingerprint density at radius 2 is 1.57 bits per heavy atom. The first-order chi connectivity index (χ1) is 14.5. The van der Waals surface area contributed by atoms with Crippen LogP contribution in [0.1, 0.15) is 12.8 Å². The number of likely N-dealkylation sites (N-methyl/N-ethyl adjacent to an activating group) is 1. The quantitative estimate of drug-likeness (QED) is 0.716. The van der Waals surface area contributed by atoms with Gasteiger partial charge in [0.1, 0.15) is 6.54 Å². The highest BCUT2D eigenvalue weighted by atomic mass is 16.2. The van der Waals surface area contributed by atoms with E-state index in [2.05, 4.69) is 4.90 Å². The molecule has 2 aliphatic rings. The number of carbonyl (C=O) groups is 3. The molecule has 2 heterocycles. The van der Waals surface area contributed by atoms with Crippen molar-refractivity contribution in [3.05, 3.63) is 60.7 Å². The number of likely N-dealkylation sites (tertiary alicyclic amines) is 1. The molecular formula is C23H26N4O3. The van der Waals surface area contributed by atoms with E-state index in [4.69, 9.17) is 0 Å². The smallest absolute Gasteiger partial charge is 0.314 e. The molecule has 30 heavy (non-hydrogen) atoms. The molecule has 7 heteroatoms. The van der Waals surface area contributed by atoms with Crippen molar-refractivity contribution in [2.75, 3.05) is 43.0 Å². The van der Waals surface area contributed by atoms with Gasteiger partial charge in [-0.25, -0.2) is 9.69 Å². The van der Waals surface area contributed by atoms with Gasteiger partial charge in [0.25, 0.3) is 5.91 Å². The Kier molecular flexibility index (Phi) is 5.81. The van der Waals surface area contributed by atoms with Crippen molar-refractivity contribution in [3.8, 4) is 0 Å². The van der Waals surface area contributed by atoms with Crippen molar-refractivity contribution in [3.63, 3.8) is 0 Å². The standard InChI is InChI=1S/C23H26N4O3/c1-24(18-8-4-2-5-9-18)21(28)16-25-14-12-19(13-15-25)26-17-22(29)27(23(26)30)20-10-6-3-7-11-20/h2-11,19H,12-17H2,1H3. The monoisotopic (exact) mass is 406 g/mol. The molecule has 0 aromatic heterocycles. The van der Waals surface area contributed by atoms with Gasteiger partial charge in [-0.1, -0.05) is 36.4 Å². The number of imide groups is 1. The lowest BCUT2D eigenvalue weighted by Gasteiger charge is -2.36. The number of urea groups is 1. The summed E-state index contributed by atoms with van der Waals surface area (Å²) in [5.41, 5.74) is 1.49. The van der Waals surface area contributed by atoms with Gasteiger partial charge in [-0.2, -0.15) is 0 Å².